The van der Waals surface area contributed by atoms with Gasteiger partial charge in [0.05, 0.1) is 0 Å². The summed E-state index contributed by atoms with van der Waals surface area (Å²) in [6, 6.07) is 1.86. The molecule has 0 aromatic heterocycles. The van der Waals surface area contributed by atoms with Crippen LogP contribution in [0.4, 0.5) is 0 Å². The largest absolute Gasteiger partial charge is 3.00 e. The molecule has 37 heavy (non-hydrogen) atoms. The third-order valence-corrected chi connectivity index (χ3v) is 3.44. The van der Waals surface area contributed by atoms with E-state index in [1.165, 1.54) is 0 Å². The maximum Gasteiger partial charge on any atom is 3.00 e. The van der Waals surface area contributed by atoms with Crippen molar-refractivity contribution in [3.05, 3.63) is 16.0 Å². The van der Waals surface area contributed by atoms with Gasteiger partial charge < -0.3 is 45.6 Å². The molecule has 0 unspecified atom stereocenters. The number of nitrogens with zero attached hydrogens (tertiary/aromatic N) is 9. The molecule has 0 saturated carbocycles. The van der Waals surface area contributed by atoms with E-state index in [4.69, 9.17) is 0 Å². The molecule has 0 aliphatic carbocycles. The number of aliphatic imine (C=N–C) groups is 3. The Kier molecular flexibility index (Phi) is 28.3. The first-order chi connectivity index (χ1) is 16.3. The van der Waals surface area contributed by atoms with Crippen molar-refractivity contribution in [1.29, 1.82) is 0 Å². The molecule has 0 atom stereocenters. The van der Waals surface area contributed by atoms with Crippen molar-refractivity contribution in [3.8, 4) is 0 Å². The van der Waals surface area contributed by atoms with Crippen LogP contribution < -0.4 is 0 Å². The molecule has 1 radical (unpaired) electrons. The summed E-state index contributed by atoms with van der Waals surface area (Å²) in [7, 11) is 11.8. The molecule has 0 bridgehead atoms. The first-order valence-electron chi connectivity index (χ1n) is 13.2. The van der Waals surface area contributed by atoms with E-state index in [-0.39, 0.29) is 40.8 Å². The van der Waals surface area contributed by atoms with E-state index in [1.54, 1.807) is 0 Å². The second-order valence-corrected chi connectivity index (χ2v) is 10.9. The summed E-state index contributed by atoms with van der Waals surface area (Å²) in [5.41, 5.74) is 0. The summed E-state index contributed by atoms with van der Waals surface area (Å²) >= 11 is 0. The Morgan fingerprint density at radius 1 is 0.405 bits per heavy atom. The van der Waals surface area contributed by atoms with Gasteiger partial charge in [-0.3, -0.25) is 0 Å². The van der Waals surface area contributed by atoms with Crippen LogP contribution >= 0.6 is 0 Å². The van der Waals surface area contributed by atoms with Crippen molar-refractivity contribution in [2.24, 2.45) is 15.0 Å². The van der Waals surface area contributed by atoms with Crippen molar-refractivity contribution in [3.63, 3.8) is 0 Å². The molecule has 217 valence electrons. The molecule has 0 fully saturated rings. The number of hydrogen-bond acceptors (Lipinski definition) is 3. The molecular weight excluding hydrogens is 595 g/mol. The Morgan fingerprint density at radius 3 is 0.649 bits per heavy atom. The number of guanidine groups is 3. The third-order valence-electron chi connectivity index (χ3n) is 3.44. The minimum atomic E-state index is 0. The fourth-order valence-electron chi connectivity index (χ4n) is 2.18. The third kappa shape index (κ3) is 31.3. The van der Waals surface area contributed by atoms with E-state index >= 15 is 0 Å². The molecule has 0 heterocycles. The van der Waals surface area contributed by atoms with Crippen LogP contribution in [0.5, 0.6) is 0 Å². The Labute approximate surface area is 264 Å². The van der Waals surface area contributed by atoms with Gasteiger partial charge in [0, 0.05) is 17.9 Å². The monoisotopic (exact) mass is 652 g/mol. The average molecular weight is 655 g/mol. The molecule has 0 aromatic carbocycles. The zero-order valence-electron chi connectivity index (χ0n) is 27.5. The van der Waals surface area contributed by atoms with Crippen LogP contribution in [0, 0.1) is 40.8 Å². The first-order valence-corrected chi connectivity index (χ1v) is 13.2. The average Bonchev–Trinajstić information content (AvgIpc) is 2.65. The second kappa shape index (κ2) is 24.2. The zero-order valence-corrected chi connectivity index (χ0v) is 30.7. The minimum absolute atomic E-state index is 0. The van der Waals surface area contributed by atoms with Crippen LogP contribution in [0.2, 0.25) is 0 Å². The van der Waals surface area contributed by atoms with Crippen molar-refractivity contribution in [2.45, 2.75) is 119 Å². The van der Waals surface area contributed by atoms with Gasteiger partial charge in [0.15, 0.2) is 0 Å². The van der Waals surface area contributed by atoms with Crippen LogP contribution in [-0.2, 0) is 0 Å². The van der Waals surface area contributed by atoms with E-state index in [2.05, 4.69) is 114 Å². The van der Waals surface area contributed by atoms with Gasteiger partial charge in [-0.15, -0.1) is 0 Å². The van der Waals surface area contributed by atoms with Crippen LogP contribution in [0.15, 0.2) is 15.0 Å². The standard InChI is InChI=1S/3C9H20N3.Nd/c3*1-7(2)10-9(12(5)6)11-8(3)4;/h3*7-8H,1-6H3;/q3*-1;+3. The molecule has 0 amide bonds. The van der Waals surface area contributed by atoms with E-state index in [1.807, 2.05) is 57.0 Å². The summed E-state index contributed by atoms with van der Waals surface area (Å²) in [4.78, 5) is 19.0. The Bertz CT molecular complexity index is 536. The maximum atomic E-state index is 4.39. The predicted octanol–water partition coefficient (Wildman–Crippen LogP) is 6.28. The Hall–Kier alpha value is -0.839. The fourth-order valence-corrected chi connectivity index (χ4v) is 2.18. The number of rotatable bonds is 6. The molecule has 0 rings (SSSR count). The summed E-state index contributed by atoms with van der Waals surface area (Å²) < 4.78 is 0. The smallest absolute Gasteiger partial charge is 0.432 e. The Balaban J connectivity index is -0.000000218. The molecule has 10 heteroatoms. The fraction of sp³-hybridized carbons (Fsp3) is 0.889. The normalized spacial score (nSPS) is 12.2. The molecule has 0 spiro atoms. The van der Waals surface area contributed by atoms with Crippen molar-refractivity contribution < 1.29 is 40.8 Å². The molecule has 0 aromatic rings. The molecule has 9 nitrogen and oxygen atoms in total. The van der Waals surface area contributed by atoms with Crippen LogP contribution in [0.1, 0.15) is 83.1 Å². The van der Waals surface area contributed by atoms with Crippen molar-refractivity contribution in [1.82, 2.24) is 14.7 Å². The van der Waals surface area contributed by atoms with Crippen molar-refractivity contribution >= 4 is 17.9 Å². The topological polar surface area (TPSA) is 89.1 Å². The van der Waals surface area contributed by atoms with Gasteiger partial charge >= 0.3 is 40.8 Å². The molecule has 0 N–H and O–H groups in total. The van der Waals surface area contributed by atoms with E-state index in [9.17, 15) is 0 Å². The van der Waals surface area contributed by atoms with Gasteiger partial charge in [0.25, 0.3) is 0 Å². The van der Waals surface area contributed by atoms with Crippen LogP contribution in [-0.4, -0.2) is 111 Å². The first kappa shape index (κ1) is 43.2. The quantitative estimate of drug-likeness (QED) is 0.249. The Morgan fingerprint density at radius 2 is 0.568 bits per heavy atom. The summed E-state index contributed by atoms with van der Waals surface area (Å²) in [5, 5.41) is 13.2. The van der Waals surface area contributed by atoms with E-state index in [0.717, 1.165) is 17.9 Å². The minimum Gasteiger partial charge on any atom is -0.432 e. The predicted molar refractivity (Wildman–Crippen MR) is 164 cm³/mol. The van der Waals surface area contributed by atoms with Gasteiger partial charge in [0.2, 0.25) is 0 Å². The van der Waals surface area contributed by atoms with E-state index in [0.29, 0.717) is 36.3 Å². The molecule has 0 saturated heterocycles. The number of hydrogen-bond donors (Lipinski definition) is 0. The molecule has 0 aliphatic rings. The van der Waals surface area contributed by atoms with Gasteiger partial charge in [-0.05, 0) is 78.5 Å². The summed E-state index contributed by atoms with van der Waals surface area (Å²) in [5.74, 6) is 2.50. The summed E-state index contributed by atoms with van der Waals surface area (Å²) in [6.07, 6.45) is 0. The van der Waals surface area contributed by atoms with Gasteiger partial charge in [0.1, 0.15) is 0 Å². The van der Waals surface area contributed by atoms with Crippen LogP contribution in [0.3, 0.4) is 0 Å². The SMILES string of the molecule is CC(C)N=C([N-]C(C)C)N(C)C.CC(C)N=C([N-]C(C)C)N(C)C.CC(C)N=C([N-]C(C)C)N(C)C.[Nd+3]. The van der Waals surface area contributed by atoms with Gasteiger partial charge in [-0.25, -0.2) is 0 Å². The van der Waals surface area contributed by atoms with Crippen molar-refractivity contribution in [2.75, 3.05) is 42.3 Å². The maximum absolute atomic E-state index is 4.39. The van der Waals surface area contributed by atoms with Crippen LogP contribution in [0.25, 0.3) is 16.0 Å². The van der Waals surface area contributed by atoms with Gasteiger partial charge in [-0.1, -0.05) is 83.1 Å². The van der Waals surface area contributed by atoms with E-state index < -0.39 is 0 Å². The zero-order chi connectivity index (χ0) is 29.2. The van der Waals surface area contributed by atoms with Gasteiger partial charge in [-0.2, -0.15) is 0 Å². The molecular formula is C27H60N9Nd. The summed E-state index contributed by atoms with van der Waals surface area (Å²) in [6.45, 7) is 24.7. The second-order valence-electron chi connectivity index (χ2n) is 10.9. The molecule has 0 aliphatic heterocycles.